The summed E-state index contributed by atoms with van der Waals surface area (Å²) in [6.07, 6.45) is 0. The Balaban J connectivity index is 2.09. The molecule has 2 aromatic carbocycles. The van der Waals surface area contributed by atoms with Crippen LogP contribution in [-0.2, 0) is 5.41 Å². The second-order valence-corrected chi connectivity index (χ2v) is 6.42. The van der Waals surface area contributed by atoms with Crippen molar-refractivity contribution in [1.29, 1.82) is 0 Å². The summed E-state index contributed by atoms with van der Waals surface area (Å²) in [5.74, 6) is 0.834. The fraction of sp³-hybridized carbons (Fsp3) is 0.278. The van der Waals surface area contributed by atoms with Gasteiger partial charge in [0.1, 0.15) is 10.7 Å². The Kier molecular flexibility index (Phi) is 4.63. The molecule has 0 aromatic heterocycles. The van der Waals surface area contributed by atoms with E-state index < -0.39 is 0 Å². The van der Waals surface area contributed by atoms with Crippen LogP contribution in [0, 0.1) is 0 Å². The molecule has 0 atom stereocenters. The first-order chi connectivity index (χ1) is 9.90. The summed E-state index contributed by atoms with van der Waals surface area (Å²) in [6, 6.07) is 16.1. The van der Waals surface area contributed by atoms with Crippen molar-refractivity contribution in [3.63, 3.8) is 0 Å². The van der Waals surface area contributed by atoms with Gasteiger partial charge < -0.3 is 10.1 Å². The number of methoxy groups -OCH3 is 1. The van der Waals surface area contributed by atoms with Crippen LogP contribution in [0.1, 0.15) is 31.9 Å². The minimum atomic E-state index is 0.156. The van der Waals surface area contributed by atoms with Gasteiger partial charge in [-0.2, -0.15) is 0 Å². The summed E-state index contributed by atoms with van der Waals surface area (Å²) in [5.41, 5.74) is 3.44. The molecule has 0 spiro atoms. The summed E-state index contributed by atoms with van der Waals surface area (Å²) in [7, 11) is 1.66. The van der Waals surface area contributed by atoms with E-state index >= 15 is 0 Å². The lowest BCUT2D eigenvalue weighted by atomic mass is 9.87. The fourth-order valence-electron chi connectivity index (χ4n) is 2.00. The zero-order valence-corrected chi connectivity index (χ0v) is 13.8. The van der Waals surface area contributed by atoms with E-state index in [1.807, 2.05) is 24.3 Å². The Hall–Kier alpha value is -1.87. The minimum Gasteiger partial charge on any atom is -0.497 e. The highest BCUT2D eigenvalue weighted by Gasteiger charge is 2.13. The third-order valence-electron chi connectivity index (χ3n) is 3.36. The van der Waals surface area contributed by atoms with Gasteiger partial charge in [0, 0.05) is 11.3 Å². The number of rotatable bonds is 3. The average molecular weight is 299 g/mol. The van der Waals surface area contributed by atoms with E-state index in [9.17, 15) is 0 Å². The molecule has 0 aliphatic heterocycles. The molecule has 2 aromatic rings. The first kappa shape index (κ1) is 15.5. The smallest absolute Gasteiger partial charge is 0.119 e. The summed E-state index contributed by atoms with van der Waals surface area (Å²) >= 11 is 5.46. The Morgan fingerprint density at radius 1 is 0.952 bits per heavy atom. The van der Waals surface area contributed by atoms with E-state index in [4.69, 9.17) is 17.0 Å². The molecule has 0 aliphatic carbocycles. The van der Waals surface area contributed by atoms with Crippen LogP contribution in [0.25, 0.3) is 0 Å². The lowest BCUT2D eigenvalue weighted by Crippen LogP contribution is -2.13. The highest BCUT2D eigenvalue weighted by atomic mass is 32.1. The Morgan fingerprint density at radius 2 is 1.52 bits per heavy atom. The molecule has 0 aliphatic rings. The molecule has 2 rings (SSSR count). The molecule has 0 fully saturated rings. The molecular formula is C18H21NOS. The Bertz CT molecular complexity index is 609. The van der Waals surface area contributed by atoms with Crippen molar-refractivity contribution in [2.24, 2.45) is 0 Å². The first-order valence-electron chi connectivity index (χ1n) is 6.96. The van der Waals surface area contributed by atoms with Crippen molar-refractivity contribution in [2.75, 3.05) is 12.4 Å². The first-order valence-corrected chi connectivity index (χ1v) is 7.37. The Morgan fingerprint density at radius 3 is 2.00 bits per heavy atom. The number of benzene rings is 2. The monoisotopic (exact) mass is 299 g/mol. The number of anilines is 1. The molecule has 0 saturated carbocycles. The van der Waals surface area contributed by atoms with Crippen molar-refractivity contribution in [3.05, 3.63) is 59.7 Å². The van der Waals surface area contributed by atoms with Gasteiger partial charge >= 0.3 is 0 Å². The van der Waals surface area contributed by atoms with E-state index in [2.05, 4.69) is 50.4 Å². The molecule has 1 N–H and O–H groups in total. The number of hydrogen-bond acceptors (Lipinski definition) is 2. The number of nitrogens with one attached hydrogen (secondary N) is 1. The van der Waals surface area contributed by atoms with Gasteiger partial charge in [-0.1, -0.05) is 57.3 Å². The molecule has 21 heavy (non-hydrogen) atoms. The lowest BCUT2D eigenvalue weighted by molar-refractivity contribution is 0.415. The summed E-state index contributed by atoms with van der Waals surface area (Å²) in [4.78, 5) is 0.723. The van der Waals surface area contributed by atoms with E-state index in [-0.39, 0.29) is 5.41 Å². The van der Waals surface area contributed by atoms with Crippen LogP contribution in [0.5, 0.6) is 5.75 Å². The highest BCUT2D eigenvalue weighted by Crippen LogP contribution is 2.23. The third kappa shape index (κ3) is 4.05. The summed E-state index contributed by atoms with van der Waals surface area (Å²) in [5, 5.41) is 3.24. The highest BCUT2D eigenvalue weighted by molar-refractivity contribution is 7.81. The molecule has 0 bridgehead atoms. The van der Waals surface area contributed by atoms with Crippen LogP contribution in [0.15, 0.2) is 48.5 Å². The maximum absolute atomic E-state index is 5.46. The summed E-state index contributed by atoms with van der Waals surface area (Å²) in [6.45, 7) is 6.61. The lowest BCUT2D eigenvalue weighted by Gasteiger charge is -2.19. The largest absolute Gasteiger partial charge is 0.497 e. The van der Waals surface area contributed by atoms with Gasteiger partial charge in [0.05, 0.1) is 7.11 Å². The predicted molar refractivity (Wildman–Crippen MR) is 93.5 cm³/mol. The van der Waals surface area contributed by atoms with Crippen molar-refractivity contribution in [1.82, 2.24) is 0 Å². The number of ether oxygens (including phenoxy) is 1. The SMILES string of the molecule is COc1ccc(NC(=S)c2ccc(C(C)(C)C)cc2)cc1. The van der Waals surface area contributed by atoms with Crippen LogP contribution < -0.4 is 10.1 Å². The van der Waals surface area contributed by atoms with Crippen LogP contribution >= 0.6 is 12.2 Å². The van der Waals surface area contributed by atoms with Gasteiger partial charge in [-0.15, -0.1) is 0 Å². The average Bonchev–Trinajstić information content (AvgIpc) is 2.47. The van der Waals surface area contributed by atoms with Crippen LogP contribution in [0.4, 0.5) is 5.69 Å². The molecule has 110 valence electrons. The van der Waals surface area contributed by atoms with Gasteiger partial charge in [-0.05, 0) is 35.2 Å². The number of thiocarbonyl (C=S) groups is 1. The zero-order chi connectivity index (χ0) is 15.5. The molecule has 0 unspecified atom stereocenters. The van der Waals surface area contributed by atoms with Gasteiger partial charge in [0.2, 0.25) is 0 Å². The van der Waals surface area contributed by atoms with E-state index in [0.717, 1.165) is 22.0 Å². The van der Waals surface area contributed by atoms with Crippen LogP contribution in [0.3, 0.4) is 0 Å². The quantitative estimate of drug-likeness (QED) is 0.824. The summed E-state index contributed by atoms with van der Waals surface area (Å²) < 4.78 is 5.14. The van der Waals surface area contributed by atoms with Gasteiger partial charge in [0.15, 0.2) is 0 Å². The van der Waals surface area contributed by atoms with Gasteiger partial charge in [-0.3, -0.25) is 0 Å². The van der Waals surface area contributed by atoms with Gasteiger partial charge in [-0.25, -0.2) is 0 Å². The van der Waals surface area contributed by atoms with E-state index in [1.165, 1.54) is 5.56 Å². The van der Waals surface area contributed by atoms with E-state index in [1.54, 1.807) is 7.11 Å². The zero-order valence-electron chi connectivity index (χ0n) is 12.9. The van der Waals surface area contributed by atoms with Crippen molar-refractivity contribution < 1.29 is 4.74 Å². The fourth-order valence-corrected chi connectivity index (χ4v) is 2.25. The van der Waals surface area contributed by atoms with Crippen molar-refractivity contribution in [2.45, 2.75) is 26.2 Å². The predicted octanol–water partition coefficient (Wildman–Crippen LogP) is 4.78. The van der Waals surface area contributed by atoms with Crippen LogP contribution in [-0.4, -0.2) is 12.1 Å². The molecule has 0 heterocycles. The molecule has 3 heteroatoms. The van der Waals surface area contributed by atoms with Crippen molar-refractivity contribution >= 4 is 22.9 Å². The van der Waals surface area contributed by atoms with Gasteiger partial charge in [0.25, 0.3) is 0 Å². The number of hydrogen-bond donors (Lipinski definition) is 1. The van der Waals surface area contributed by atoms with Crippen LogP contribution in [0.2, 0.25) is 0 Å². The normalized spacial score (nSPS) is 11.0. The maximum atomic E-state index is 5.46. The molecule has 2 nitrogen and oxygen atoms in total. The molecule has 0 amide bonds. The molecule has 0 saturated heterocycles. The maximum Gasteiger partial charge on any atom is 0.119 e. The molecular weight excluding hydrogens is 278 g/mol. The standard InChI is InChI=1S/C18H21NOS/c1-18(2,3)14-7-5-13(6-8-14)17(21)19-15-9-11-16(20-4)12-10-15/h5-12H,1-4H3,(H,19,21). The van der Waals surface area contributed by atoms with Crippen molar-refractivity contribution in [3.8, 4) is 5.75 Å². The molecule has 0 radical (unpaired) electrons. The second kappa shape index (κ2) is 6.27. The second-order valence-electron chi connectivity index (χ2n) is 6.01. The topological polar surface area (TPSA) is 21.3 Å². The Labute approximate surface area is 132 Å². The van der Waals surface area contributed by atoms with E-state index in [0.29, 0.717) is 0 Å². The minimum absolute atomic E-state index is 0.156. The third-order valence-corrected chi connectivity index (χ3v) is 3.70.